The standard InChI is InChI=1S/C20H16N4.HNO3/c1-4-10-17(11-5-1)21-20-22-24(19-14-8-3-9-15-19)16-23(20)18-12-6-2-7-13-18;2-1(3)4/h1-16H;(H,2,3,4). The summed E-state index contributed by atoms with van der Waals surface area (Å²) in [7, 11) is 0. The lowest BCUT2D eigenvalue weighted by molar-refractivity contribution is -0.742. The molecule has 4 rings (SSSR count). The molecular formula is C20H17N5O3. The molecule has 8 heteroatoms. The number of rotatable bonds is 3. The Balaban J connectivity index is 0.000000516. The molecule has 1 N–H and O–H groups in total. The smallest absolute Gasteiger partial charge is 0.291 e. The number of nitrogens with zero attached hydrogens (tertiary/aromatic N) is 5. The van der Waals surface area contributed by atoms with Gasteiger partial charge in [-0.05, 0) is 36.4 Å². The summed E-state index contributed by atoms with van der Waals surface area (Å²) in [5, 5.41) is 18.3. The van der Waals surface area contributed by atoms with Gasteiger partial charge in [0.15, 0.2) is 0 Å². The van der Waals surface area contributed by atoms with Crippen LogP contribution in [0.5, 0.6) is 0 Å². The van der Waals surface area contributed by atoms with Crippen molar-refractivity contribution in [1.29, 1.82) is 0 Å². The second-order valence-electron chi connectivity index (χ2n) is 5.59. The van der Waals surface area contributed by atoms with Gasteiger partial charge in [0.05, 0.1) is 17.1 Å². The minimum atomic E-state index is -1.50. The molecule has 140 valence electrons. The first-order valence-corrected chi connectivity index (χ1v) is 8.36. The van der Waals surface area contributed by atoms with Gasteiger partial charge in [0.1, 0.15) is 6.33 Å². The average molecular weight is 375 g/mol. The van der Waals surface area contributed by atoms with Crippen LogP contribution in [0, 0.1) is 10.1 Å². The highest BCUT2D eigenvalue weighted by Crippen LogP contribution is 2.08. The van der Waals surface area contributed by atoms with Crippen LogP contribution in [0.4, 0.5) is 5.69 Å². The van der Waals surface area contributed by atoms with Gasteiger partial charge >= 0.3 is 0 Å². The van der Waals surface area contributed by atoms with Gasteiger partial charge in [0.2, 0.25) is 0 Å². The van der Waals surface area contributed by atoms with E-state index in [0.29, 0.717) is 5.62 Å². The van der Waals surface area contributed by atoms with Crippen molar-refractivity contribution in [2.45, 2.75) is 0 Å². The molecule has 0 spiro atoms. The van der Waals surface area contributed by atoms with Crippen LogP contribution >= 0.6 is 0 Å². The van der Waals surface area contributed by atoms with Crippen LogP contribution in [0.3, 0.4) is 0 Å². The molecule has 0 amide bonds. The molecule has 0 aliphatic heterocycles. The SMILES string of the molecule is O=[N+]([O-])O.c1ccc(/N=c2\[n-]n(-c3ccccc3)c[n+]2-c2ccccc2)cc1. The lowest BCUT2D eigenvalue weighted by Crippen LogP contribution is -2.46. The minimum absolute atomic E-state index is 0.635. The Kier molecular flexibility index (Phi) is 5.94. The fraction of sp³-hybridized carbons (Fsp3) is 0. The maximum atomic E-state index is 8.36. The van der Waals surface area contributed by atoms with E-state index in [9.17, 15) is 0 Å². The fourth-order valence-electron chi connectivity index (χ4n) is 2.50. The first-order chi connectivity index (χ1) is 13.6. The van der Waals surface area contributed by atoms with Crippen LogP contribution in [-0.4, -0.2) is 15.0 Å². The number of hydrogen-bond donors (Lipinski definition) is 1. The molecular weight excluding hydrogens is 358 g/mol. The van der Waals surface area contributed by atoms with Crippen molar-refractivity contribution in [1.82, 2.24) is 9.78 Å². The van der Waals surface area contributed by atoms with Crippen LogP contribution in [0.25, 0.3) is 11.4 Å². The highest BCUT2D eigenvalue weighted by Gasteiger charge is 2.05. The van der Waals surface area contributed by atoms with Crippen molar-refractivity contribution < 1.29 is 14.9 Å². The van der Waals surface area contributed by atoms with E-state index in [0.717, 1.165) is 17.1 Å². The molecule has 0 aliphatic rings. The van der Waals surface area contributed by atoms with Gasteiger partial charge in [0, 0.05) is 0 Å². The Morgan fingerprint density at radius 3 is 1.96 bits per heavy atom. The second-order valence-corrected chi connectivity index (χ2v) is 5.59. The topological polar surface area (TPSA) is 98.6 Å². The Bertz CT molecular complexity index is 1090. The van der Waals surface area contributed by atoms with E-state index in [1.165, 1.54) is 0 Å². The summed E-state index contributed by atoms with van der Waals surface area (Å²) in [4.78, 5) is 13.1. The Morgan fingerprint density at radius 2 is 1.39 bits per heavy atom. The van der Waals surface area contributed by atoms with Crippen molar-refractivity contribution in [3.8, 4) is 11.4 Å². The summed E-state index contributed by atoms with van der Waals surface area (Å²) in [6.45, 7) is 0. The van der Waals surface area contributed by atoms with Gasteiger partial charge in [0.25, 0.3) is 10.7 Å². The number of hydrogen-bond acceptors (Lipinski definition) is 3. The Morgan fingerprint density at radius 1 is 0.893 bits per heavy atom. The number of aromatic nitrogens is 3. The zero-order valence-corrected chi connectivity index (χ0v) is 14.7. The normalized spacial score (nSPS) is 10.8. The Hall–Kier alpha value is -4.20. The van der Waals surface area contributed by atoms with E-state index in [-0.39, 0.29) is 0 Å². The van der Waals surface area contributed by atoms with Gasteiger partial charge in [-0.25, -0.2) is 9.67 Å². The maximum absolute atomic E-state index is 8.36. The van der Waals surface area contributed by atoms with Gasteiger partial charge in [-0.2, -0.15) is 0 Å². The summed E-state index contributed by atoms with van der Waals surface area (Å²) in [5.41, 5.74) is 3.53. The predicted octanol–water partition coefficient (Wildman–Crippen LogP) is 2.60. The molecule has 0 atom stereocenters. The monoisotopic (exact) mass is 375 g/mol. The van der Waals surface area contributed by atoms with E-state index < -0.39 is 5.09 Å². The van der Waals surface area contributed by atoms with Crippen LogP contribution in [0.2, 0.25) is 0 Å². The second kappa shape index (κ2) is 8.95. The Labute approximate surface area is 160 Å². The molecule has 28 heavy (non-hydrogen) atoms. The van der Waals surface area contributed by atoms with E-state index >= 15 is 0 Å². The van der Waals surface area contributed by atoms with E-state index in [2.05, 4.69) is 5.10 Å². The third-order valence-corrected chi connectivity index (χ3v) is 3.68. The summed E-state index contributed by atoms with van der Waals surface area (Å²) in [5.74, 6) is 0. The highest BCUT2D eigenvalue weighted by molar-refractivity contribution is 5.35. The largest absolute Gasteiger partial charge is 0.328 e. The zero-order valence-electron chi connectivity index (χ0n) is 14.7. The summed E-state index contributed by atoms with van der Waals surface area (Å²) in [6, 6.07) is 30.0. The van der Waals surface area contributed by atoms with Crippen molar-refractivity contribution >= 4 is 5.69 Å². The van der Waals surface area contributed by atoms with E-state index in [4.69, 9.17) is 20.3 Å². The lowest BCUT2D eigenvalue weighted by atomic mass is 10.3. The van der Waals surface area contributed by atoms with Crippen molar-refractivity contribution in [3.63, 3.8) is 0 Å². The summed E-state index contributed by atoms with van der Waals surface area (Å²) >= 11 is 0. The highest BCUT2D eigenvalue weighted by atomic mass is 16.9. The fourth-order valence-corrected chi connectivity index (χ4v) is 2.50. The maximum Gasteiger partial charge on any atom is 0.291 e. The van der Waals surface area contributed by atoms with E-state index in [1.807, 2.05) is 107 Å². The molecule has 4 aromatic rings. The van der Waals surface area contributed by atoms with Gasteiger partial charge in [-0.1, -0.05) is 54.6 Å². The number of para-hydroxylation sites is 3. The van der Waals surface area contributed by atoms with Gasteiger partial charge < -0.3 is 5.21 Å². The average Bonchev–Trinajstić information content (AvgIpc) is 3.13. The molecule has 0 radical (unpaired) electrons. The molecule has 3 aromatic carbocycles. The zero-order chi connectivity index (χ0) is 19.8. The molecule has 0 unspecified atom stereocenters. The molecule has 1 aromatic heterocycles. The predicted molar refractivity (Wildman–Crippen MR) is 101 cm³/mol. The number of benzene rings is 3. The molecule has 8 nitrogen and oxygen atoms in total. The van der Waals surface area contributed by atoms with Crippen molar-refractivity contribution in [2.75, 3.05) is 0 Å². The molecule has 0 aliphatic carbocycles. The first-order valence-electron chi connectivity index (χ1n) is 8.36. The molecule has 0 bridgehead atoms. The molecule has 0 saturated carbocycles. The molecule has 1 heterocycles. The third-order valence-electron chi connectivity index (χ3n) is 3.68. The van der Waals surface area contributed by atoms with E-state index in [1.54, 1.807) is 0 Å². The quantitative estimate of drug-likeness (QED) is 0.338. The van der Waals surface area contributed by atoms with Crippen molar-refractivity contribution in [2.24, 2.45) is 4.99 Å². The van der Waals surface area contributed by atoms with Crippen LogP contribution < -0.4 is 15.3 Å². The molecule has 0 saturated heterocycles. The lowest BCUT2D eigenvalue weighted by Gasteiger charge is -2.01. The van der Waals surface area contributed by atoms with Gasteiger partial charge in [-0.3, -0.25) is 4.57 Å². The van der Waals surface area contributed by atoms with Crippen LogP contribution in [0.15, 0.2) is 102 Å². The molecule has 0 fully saturated rings. The van der Waals surface area contributed by atoms with Crippen molar-refractivity contribution in [3.05, 3.63) is 113 Å². The van der Waals surface area contributed by atoms with Crippen LogP contribution in [-0.2, 0) is 0 Å². The summed E-state index contributed by atoms with van der Waals surface area (Å²) < 4.78 is 3.83. The summed E-state index contributed by atoms with van der Waals surface area (Å²) in [6.07, 6.45) is 1.95. The third kappa shape index (κ3) is 4.92. The first kappa shape index (κ1) is 18.6. The minimum Gasteiger partial charge on any atom is -0.328 e. The van der Waals surface area contributed by atoms with Gasteiger partial charge in [-0.15, -0.1) is 15.2 Å². The van der Waals surface area contributed by atoms with Crippen LogP contribution in [0.1, 0.15) is 0 Å².